The van der Waals surface area contributed by atoms with Gasteiger partial charge in [-0.2, -0.15) is 0 Å². The molecule has 0 aliphatic heterocycles. The SMILES string of the molecule is CCCN(C)c1c([N+](=O)[O-])cnc2ccccc12. The lowest BCUT2D eigenvalue weighted by Gasteiger charge is -2.19. The van der Waals surface area contributed by atoms with Crippen LogP contribution in [0.4, 0.5) is 11.4 Å². The van der Waals surface area contributed by atoms with Gasteiger partial charge in [0, 0.05) is 19.0 Å². The Kier molecular flexibility index (Phi) is 3.41. The van der Waals surface area contributed by atoms with Gasteiger partial charge in [0.25, 0.3) is 0 Å². The molecule has 0 saturated carbocycles. The summed E-state index contributed by atoms with van der Waals surface area (Å²) in [7, 11) is 1.87. The van der Waals surface area contributed by atoms with Gasteiger partial charge in [-0.3, -0.25) is 10.1 Å². The summed E-state index contributed by atoms with van der Waals surface area (Å²) < 4.78 is 0. The fraction of sp³-hybridized carbons (Fsp3) is 0.308. The zero-order valence-corrected chi connectivity index (χ0v) is 10.5. The van der Waals surface area contributed by atoms with Crippen LogP contribution in [0.2, 0.25) is 0 Å². The molecule has 5 heteroatoms. The topological polar surface area (TPSA) is 59.3 Å². The van der Waals surface area contributed by atoms with Gasteiger partial charge in [-0.15, -0.1) is 0 Å². The number of anilines is 1. The van der Waals surface area contributed by atoms with Gasteiger partial charge in [-0.05, 0) is 12.5 Å². The van der Waals surface area contributed by atoms with E-state index in [9.17, 15) is 10.1 Å². The normalized spacial score (nSPS) is 10.6. The molecule has 2 aromatic rings. The van der Waals surface area contributed by atoms with Gasteiger partial charge in [-0.25, -0.2) is 4.98 Å². The van der Waals surface area contributed by atoms with Crippen LogP contribution in [0, 0.1) is 10.1 Å². The third-order valence-corrected chi connectivity index (χ3v) is 2.87. The van der Waals surface area contributed by atoms with E-state index in [4.69, 9.17) is 0 Å². The molecule has 0 aliphatic rings. The molecule has 2 rings (SSSR count). The van der Waals surface area contributed by atoms with Crippen molar-refractivity contribution >= 4 is 22.3 Å². The molecular formula is C13H15N3O2. The molecule has 0 bridgehead atoms. The number of pyridine rings is 1. The highest BCUT2D eigenvalue weighted by Gasteiger charge is 2.20. The number of aromatic nitrogens is 1. The first-order valence-corrected chi connectivity index (χ1v) is 5.88. The van der Waals surface area contributed by atoms with Crippen LogP contribution >= 0.6 is 0 Å². The van der Waals surface area contributed by atoms with E-state index in [1.807, 2.05) is 43.1 Å². The van der Waals surface area contributed by atoms with Crippen molar-refractivity contribution in [3.05, 3.63) is 40.6 Å². The number of rotatable bonds is 4. The second kappa shape index (κ2) is 5.00. The highest BCUT2D eigenvalue weighted by atomic mass is 16.6. The minimum Gasteiger partial charge on any atom is -0.368 e. The molecule has 18 heavy (non-hydrogen) atoms. The molecule has 0 spiro atoms. The average Bonchev–Trinajstić information content (AvgIpc) is 2.37. The number of para-hydroxylation sites is 1. The van der Waals surface area contributed by atoms with E-state index in [0.29, 0.717) is 5.69 Å². The van der Waals surface area contributed by atoms with Crippen LogP contribution in [0.5, 0.6) is 0 Å². The zero-order chi connectivity index (χ0) is 13.1. The maximum Gasteiger partial charge on any atom is 0.311 e. The highest BCUT2D eigenvalue weighted by Crippen LogP contribution is 2.33. The van der Waals surface area contributed by atoms with Crippen molar-refractivity contribution in [2.24, 2.45) is 0 Å². The molecule has 5 nitrogen and oxygen atoms in total. The van der Waals surface area contributed by atoms with E-state index in [1.165, 1.54) is 6.20 Å². The van der Waals surface area contributed by atoms with Crippen molar-refractivity contribution in [3.63, 3.8) is 0 Å². The largest absolute Gasteiger partial charge is 0.368 e. The summed E-state index contributed by atoms with van der Waals surface area (Å²) in [6.45, 7) is 2.82. The van der Waals surface area contributed by atoms with Crippen LogP contribution in [0.1, 0.15) is 13.3 Å². The van der Waals surface area contributed by atoms with E-state index in [-0.39, 0.29) is 10.6 Å². The van der Waals surface area contributed by atoms with Crippen molar-refractivity contribution in [1.82, 2.24) is 4.98 Å². The van der Waals surface area contributed by atoms with Gasteiger partial charge in [0.2, 0.25) is 0 Å². The lowest BCUT2D eigenvalue weighted by molar-refractivity contribution is -0.384. The smallest absolute Gasteiger partial charge is 0.311 e. The predicted octanol–water partition coefficient (Wildman–Crippen LogP) is 2.99. The fourth-order valence-corrected chi connectivity index (χ4v) is 2.10. The molecule has 1 aromatic heterocycles. The van der Waals surface area contributed by atoms with Gasteiger partial charge in [-0.1, -0.05) is 25.1 Å². The van der Waals surface area contributed by atoms with Crippen LogP contribution in [-0.4, -0.2) is 23.5 Å². The molecule has 0 amide bonds. The Morgan fingerprint density at radius 2 is 2.11 bits per heavy atom. The molecular weight excluding hydrogens is 230 g/mol. The second-order valence-electron chi connectivity index (χ2n) is 4.19. The Morgan fingerprint density at radius 1 is 1.39 bits per heavy atom. The van der Waals surface area contributed by atoms with Crippen molar-refractivity contribution in [2.45, 2.75) is 13.3 Å². The molecule has 0 aliphatic carbocycles. The molecule has 0 unspecified atom stereocenters. The lowest BCUT2D eigenvalue weighted by atomic mass is 10.1. The molecule has 0 saturated heterocycles. The van der Waals surface area contributed by atoms with Crippen LogP contribution < -0.4 is 4.90 Å². The van der Waals surface area contributed by atoms with Crippen LogP contribution in [-0.2, 0) is 0 Å². The standard InChI is InChI=1S/C13H15N3O2/c1-3-8-15(2)13-10-6-4-5-7-11(10)14-9-12(13)16(17)18/h4-7,9H,3,8H2,1-2H3. The van der Waals surface area contributed by atoms with E-state index in [0.717, 1.165) is 23.9 Å². The third kappa shape index (κ3) is 2.11. The maximum absolute atomic E-state index is 11.1. The molecule has 1 aromatic carbocycles. The lowest BCUT2D eigenvalue weighted by Crippen LogP contribution is -2.19. The predicted molar refractivity (Wildman–Crippen MR) is 72.0 cm³/mol. The van der Waals surface area contributed by atoms with Crippen LogP contribution in [0.3, 0.4) is 0 Å². The van der Waals surface area contributed by atoms with Crippen molar-refractivity contribution < 1.29 is 4.92 Å². The first-order valence-electron chi connectivity index (χ1n) is 5.88. The third-order valence-electron chi connectivity index (χ3n) is 2.87. The zero-order valence-electron chi connectivity index (χ0n) is 10.5. The summed E-state index contributed by atoms with van der Waals surface area (Å²) in [5.74, 6) is 0. The van der Waals surface area contributed by atoms with Crippen LogP contribution in [0.15, 0.2) is 30.5 Å². The summed E-state index contributed by atoms with van der Waals surface area (Å²) in [5, 5.41) is 11.9. The Bertz CT molecular complexity index is 583. The molecule has 0 N–H and O–H groups in total. The Morgan fingerprint density at radius 3 is 2.78 bits per heavy atom. The minimum absolute atomic E-state index is 0.0599. The van der Waals surface area contributed by atoms with Gasteiger partial charge >= 0.3 is 5.69 Å². The number of benzene rings is 1. The quantitative estimate of drug-likeness (QED) is 0.613. The molecule has 1 heterocycles. The van der Waals surface area contributed by atoms with Crippen molar-refractivity contribution in [3.8, 4) is 0 Å². The average molecular weight is 245 g/mol. The van der Waals surface area contributed by atoms with E-state index >= 15 is 0 Å². The summed E-state index contributed by atoms with van der Waals surface area (Å²) in [6, 6.07) is 7.49. The monoisotopic (exact) mass is 245 g/mol. The number of hydrogen-bond donors (Lipinski definition) is 0. The van der Waals surface area contributed by atoms with Gasteiger partial charge in [0.15, 0.2) is 0 Å². The van der Waals surface area contributed by atoms with Crippen LogP contribution in [0.25, 0.3) is 10.9 Å². The van der Waals surface area contributed by atoms with Crippen molar-refractivity contribution in [2.75, 3.05) is 18.5 Å². The molecule has 94 valence electrons. The minimum atomic E-state index is -0.374. The Balaban J connectivity index is 2.70. The number of hydrogen-bond acceptors (Lipinski definition) is 4. The summed E-state index contributed by atoms with van der Waals surface area (Å²) in [4.78, 5) is 16.8. The van der Waals surface area contributed by atoms with E-state index in [1.54, 1.807) is 0 Å². The van der Waals surface area contributed by atoms with Gasteiger partial charge in [0.05, 0.1) is 10.4 Å². The number of fused-ring (bicyclic) bond motifs is 1. The second-order valence-corrected chi connectivity index (χ2v) is 4.19. The van der Waals surface area contributed by atoms with E-state index in [2.05, 4.69) is 4.98 Å². The Hall–Kier alpha value is -2.17. The first-order chi connectivity index (χ1) is 8.65. The molecule has 0 radical (unpaired) electrons. The fourth-order valence-electron chi connectivity index (χ4n) is 2.10. The first kappa shape index (κ1) is 12.3. The number of nitro groups is 1. The molecule has 0 fully saturated rings. The summed E-state index contributed by atoms with van der Waals surface area (Å²) in [5.41, 5.74) is 1.48. The molecule has 0 atom stereocenters. The van der Waals surface area contributed by atoms with Gasteiger partial charge < -0.3 is 4.90 Å². The number of nitrogens with zero attached hydrogens (tertiary/aromatic N) is 3. The Labute approximate surface area is 105 Å². The van der Waals surface area contributed by atoms with Gasteiger partial charge in [0.1, 0.15) is 11.9 Å². The van der Waals surface area contributed by atoms with Crippen molar-refractivity contribution in [1.29, 1.82) is 0 Å². The van der Waals surface area contributed by atoms with E-state index < -0.39 is 0 Å². The summed E-state index contributed by atoms with van der Waals surface area (Å²) in [6.07, 6.45) is 2.27. The maximum atomic E-state index is 11.1. The highest BCUT2D eigenvalue weighted by molar-refractivity contribution is 5.96. The summed E-state index contributed by atoms with van der Waals surface area (Å²) >= 11 is 0.